The van der Waals surface area contributed by atoms with Gasteiger partial charge in [0.15, 0.2) is 11.6 Å². The summed E-state index contributed by atoms with van der Waals surface area (Å²) in [6, 6.07) is 17.1. The van der Waals surface area contributed by atoms with Gasteiger partial charge in [0.25, 0.3) is 0 Å². The molecular weight excluding hydrogens is 677 g/mol. The molecule has 1 aromatic heterocycles. The van der Waals surface area contributed by atoms with Gasteiger partial charge in [-0.2, -0.15) is 4.98 Å². The maximum absolute atomic E-state index is 15.2. The Balaban J connectivity index is 1.29. The third-order valence-electron chi connectivity index (χ3n) is 9.41. The summed E-state index contributed by atoms with van der Waals surface area (Å²) >= 11 is 0. The molecule has 2 amide bonds. The van der Waals surface area contributed by atoms with Gasteiger partial charge in [0, 0.05) is 69.2 Å². The minimum atomic E-state index is -0.813. The highest BCUT2D eigenvalue weighted by atomic mass is 19.1. The number of likely N-dealkylation sites (N-methyl/N-ethyl adjacent to an activating group) is 2. The smallest absolute Gasteiger partial charge is 0.418 e. The van der Waals surface area contributed by atoms with Crippen molar-refractivity contribution in [3.8, 4) is 28.6 Å². The number of hydrogen-bond donors (Lipinski definition) is 2. The molecule has 2 N–H and O–H groups in total. The molecule has 0 atom stereocenters. The van der Waals surface area contributed by atoms with Gasteiger partial charge in [-0.3, -0.25) is 10.1 Å². The van der Waals surface area contributed by atoms with Gasteiger partial charge >= 0.3 is 6.09 Å². The zero-order valence-corrected chi connectivity index (χ0v) is 31.5. The second-order valence-electron chi connectivity index (χ2n) is 13.1. The quantitative estimate of drug-likeness (QED) is 0.128. The van der Waals surface area contributed by atoms with Crippen molar-refractivity contribution in [2.24, 2.45) is 0 Å². The number of amides is 2. The largest absolute Gasteiger partial charge is 0.495 e. The summed E-state index contributed by atoms with van der Waals surface area (Å²) in [5, 5.41) is 5.77. The SMILES string of the molecule is CCN(CC)C(=O)Cc1ccc(NC(=O)Oc2cc(-c3cccc(C)c3C)nc(Nc3ccc(OCCCN4CCN(C)CC4)c(F)c3)n2)c(OC)c1. The molecule has 53 heavy (non-hydrogen) atoms. The van der Waals surface area contributed by atoms with Gasteiger partial charge in [-0.15, -0.1) is 0 Å². The van der Waals surface area contributed by atoms with Crippen molar-refractivity contribution in [1.29, 1.82) is 0 Å². The fourth-order valence-electron chi connectivity index (χ4n) is 6.11. The van der Waals surface area contributed by atoms with Crippen molar-refractivity contribution >= 4 is 29.3 Å². The summed E-state index contributed by atoms with van der Waals surface area (Å²) in [6.07, 6.45) is 0.193. The zero-order valence-electron chi connectivity index (χ0n) is 31.5. The summed E-state index contributed by atoms with van der Waals surface area (Å²) in [7, 11) is 3.61. The van der Waals surface area contributed by atoms with E-state index in [1.54, 1.807) is 41.3 Å². The molecule has 0 spiro atoms. The molecule has 4 aromatic rings. The highest BCUT2D eigenvalue weighted by Gasteiger charge is 2.18. The Labute approximate surface area is 311 Å². The van der Waals surface area contributed by atoms with Crippen LogP contribution in [0.15, 0.2) is 60.7 Å². The lowest BCUT2D eigenvalue weighted by molar-refractivity contribution is -0.130. The number of nitrogens with one attached hydrogen (secondary N) is 2. The summed E-state index contributed by atoms with van der Waals surface area (Å²) in [4.78, 5) is 41.4. The Hall–Kier alpha value is -5.27. The molecule has 12 nitrogen and oxygen atoms in total. The van der Waals surface area contributed by atoms with E-state index in [-0.39, 0.29) is 29.9 Å². The normalized spacial score (nSPS) is 13.3. The minimum absolute atomic E-state index is 0.00387. The van der Waals surface area contributed by atoms with E-state index >= 15 is 4.39 Å². The third-order valence-corrected chi connectivity index (χ3v) is 9.41. The number of hydrogen-bond acceptors (Lipinski definition) is 10. The lowest BCUT2D eigenvalue weighted by Gasteiger charge is -2.32. The van der Waals surface area contributed by atoms with Crippen LogP contribution < -0.4 is 24.8 Å². The number of anilines is 3. The van der Waals surface area contributed by atoms with E-state index in [0.717, 1.165) is 61.4 Å². The summed E-state index contributed by atoms with van der Waals surface area (Å²) < 4.78 is 32.1. The standard InChI is InChI=1S/C40H50FN7O5/c1-7-48(8-2)38(49)24-29-13-15-33(36(23-29)51-6)44-40(50)53-37-26-34(31-12-9-11-27(3)28(31)4)43-39(45-37)42-30-14-16-35(32(41)25-30)52-22-10-17-47-20-18-46(5)19-21-47/h9,11-16,23,25-26H,7-8,10,17-22,24H2,1-6H3,(H,44,50)(H,42,43,45). The highest BCUT2D eigenvalue weighted by Crippen LogP contribution is 2.30. The minimum Gasteiger partial charge on any atom is -0.495 e. The molecule has 1 saturated heterocycles. The van der Waals surface area contributed by atoms with Gasteiger partial charge in [0.1, 0.15) is 5.75 Å². The van der Waals surface area contributed by atoms with Crippen LogP contribution in [0.3, 0.4) is 0 Å². The summed E-state index contributed by atoms with van der Waals surface area (Å²) in [6.45, 7) is 14.6. The predicted octanol–water partition coefficient (Wildman–Crippen LogP) is 6.69. The third kappa shape index (κ3) is 10.6. The fraction of sp³-hybridized carbons (Fsp3) is 0.400. The van der Waals surface area contributed by atoms with Crippen LogP contribution in [0.1, 0.15) is 37.0 Å². The van der Waals surface area contributed by atoms with E-state index in [1.165, 1.54) is 13.2 Å². The molecule has 5 rings (SSSR count). The first-order valence-electron chi connectivity index (χ1n) is 18.1. The van der Waals surface area contributed by atoms with Crippen molar-refractivity contribution in [1.82, 2.24) is 24.7 Å². The van der Waals surface area contributed by atoms with Crippen molar-refractivity contribution in [3.05, 3.63) is 83.2 Å². The molecule has 0 radical (unpaired) electrons. The number of nitrogens with zero attached hydrogens (tertiary/aromatic N) is 5. The van der Waals surface area contributed by atoms with Crippen LogP contribution in [0.25, 0.3) is 11.3 Å². The molecule has 282 valence electrons. The predicted molar refractivity (Wildman–Crippen MR) is 205 cm³/mol. The lowest BCUT2D eigenvalue weighted by atomic mass is 10.0. The Bertz CT molecular complexity index is 1880. The van der Waals surface area contributed by atoms with Gasteiger partial charge < -0.3 is 34.2 Å². The van der Waals surface area contributed by atoms with Crippen LogP contribution in [-0.2, 0) is 11.2 Å². The highest BCUT2D eigenvalue weighted by molar-refractivity contribution is 5.88. The molecule has 0 saturated carbocycles. The molecule has 1 aliphatic rings. The van der Waals surface area contributed by atoms with Crippen LogP contribution in [0.5, 0.6) is 17.4 Å². The number of aryl methyl sites for hydroxylation is 1. The molecule has 0 bridgehead atoms. The Morgan fingerprint density at radius 1 is 0.943 bits per heavy atom. The number of ether oxygens (including phenoxy) is 3. The lowest BCUT2D eigenvalue weighted by Crippen LogP contribution is -2.44. The Morgan fingerprint density at radius 3 is 2.43 bits per heavy atom. The Morgan fingerprint density at radius 2 is 1.72 bits per heavy atom. The first-order chi connectivity index (χ1) is 25.6. The fourth-order valence-corrected chi connectivity index (χ4v) is 6.11. The number of halogens is 1. The summed E-state index contributed by atoms with van der Waals surface area (Å²) in [5.74, 6) is 0.0945. The Kier molecular flexibility index (Phi) is 13.6. The van der Waals surface area contributed by atoms with Crippen molar-refractivity contribution < 1.29 is 28.2 Å². The molecule has 1 aliphatic heterocycles. The average molecular weight is 728 g/mol. The van der Waals surface area contributed by atoms with E-state index in [0.29, 0.717) is 42.5 Å². The molecule has 2 heterocycles. The maximum Gasteiger partial charge on any atom is 0.418 e. The van der Waals surface area contributed by atoms with Crippen LogP contribution in [0.2, 0.25) is 0 Å². The average Bonchev–Trinajstić information content (AvgIpc) is 3.13. The number of rotatable bonds is 15. The van der Waals surface area contributed by atoms with E-state index in [2.05, 4.69) is 32.5 Å². The molecular formula is C40H50FN7O5. The second kappa shape index (κ2) is 18.5. The van der Waals surface area contributed by atoms with Crippen molar-refractivity contribution in [3.63, 3.8) is 0 Å². The topological polar surface area (TPSA) is 121 Å². The number of methoxy groups -OCH3 is 1. The number of carbonyl (C=O) groups excluding carboxylic acids is 2. The van der Waals surface area contributed by atoms with Gasteiger partial charge in [-0.25, -0.2) is 14.2 Å². The van der Waals surface area contributed by atoms with Crippen molar-refractivity contribution in [2.45, 2.75) is 40.5 Å². The number of carbonyl (C=O) groups is 2. The van der Waals surface area contributed by atoms with Gasteiger partial charge in [0.2, 0.25) is 17.7 Å². The molecule has 13 heteroatoms. The number of benzene rings is 3. The first kappa shape index (κ1) is 38.9. The van der Waals surface area contributed by atoms with Crippen molar-refractivity contribution in [2.75, 3.05) is 77.2 Å². The molecule has 0 aliphatic carbocycles. The molecule has 1 fully saturated rings. The number of piperazine rings is 1. The van der Waals surface area contributed by atoms with Gasteiger partial charge in [0.05, 0.1) is 31.5 Å². The monoisotopic (exact) mass is 727 g/mol. The van der Waals surface area contributed by atoms with Crippen LogP contribution >= 0.6 is 0 Å². The maximum atomic E-state index is 15.2. The van der Waals surface area contributed by atoms with Gasteiger partial charge in [-0.05, 0) is 82.1 Å². The van der Waals surface area contributed by atoms with Crippen LogP contribution in [0.4, 0.5) is 26.5 Å². The van der Waals surface area contributed by atoms with Crippen LogP contribution in [0, 0.1) is 19.7 Å². The zero-order chi connectivity index (χ0) is 37.9. The molecule has 3 aromatic carbocycles. The van der Waals surface area contributed by atoms with E-state index in [1.807, 2.05) is 45.9 Å². The van der Waals surface area contributed by atoms with E-state index in [4.69, 9.17) is 19.2 Å². The van der Waals surface area contributed by atoms with Gasteiger partial charge in [-0.1, -0.05) is 24.3 Å². The van der Waals surface area contributed by atoms with E-state index < -0.39 is 11.9 Å². The first-order valence-corrected chi connectivity index (χ1v) is 18.1. The molecule has 0 unspecified atom stereocenters. The van der Waals surface area contributed by atoms with E-state index in [9.17, 15) is 9.59 Å². The number of aromatic nitrogens is 2. The van der Waals surface area contributed by atoms with Crippen LogP contribution in [-0.4, -0.2) is 103 Å². The summed E-state index contributed by atoms with van der Waals surface area (Å²) in [5.41, 5.74) is 4.89. The second-order valence-corrected chi connectivity index (χ2v) is 13.1.